The smallest absolute Gasteiger partial charge is 0.229 e. The van der Waals surface area contributed by atoms with Crippen molar-refractivity contribution in [2.75, 3.05) is 13.1 Å². The third kappa shape index (κ3) is 2.86. The lowest BCUT2D eigenvalue weighted by molar-refractivity contribution is -0.133. The van der Waals surface area contributed by atoms with Crippen molar-refractivity contribution in [2.24, 2.45) is 5.73 Å². The van der Waals surface area contributed by atoms with Gasteiger partial charge in [-0.05, 0) is 25.3 Å². The molecule has 17 heavy (non-hydrogen) atoms. The molecule has 0 aliphatic carbocycles. The molecular weight excluding hydrogens is 212 g/mol. The first-order valence-electron chi connectivity index (χ1n) is 6.28. The molecule has 92 valence electrons. The highest BCUT2D eigenvalue weighted by Gasteiger charge is 2.25. The third-order valence-corrected chi connectivity index (χ3v) is 3.52. The molecule has 1 aromatic rings. The number of hydrogen-bond acceptors (Lipinski definition) is 2. The van der Waals surface area contributed by atoms with Gasteiger partial charge >= 0.3 is 0 Å². The molecule has 1 saturated heterocycles. The number of amides is 1. The molecule has 0 aromatic heterocycles. The Bertz CT molecular complexity index is 369. The van der Waals surface area contributed by atoms with Gasteiger partial charge in [-0.3, -0.25) is 4.79 Å². The summed E-state index contributed by atoms with van der Waals surface area (Å²) in [6.45, 7) is 3.58. The average molecular weight is 232 g/mol. The Labute approximate surface area is 103 Å². The van der Waals surface area contributed by atoms with E-state index in [9.17, 15) is 4.79 Å². The second-order valence-corrected chi connectivity index (χ2v) is 4.80. The van der Waals surface area contributed by atoms with Crippen LogP contribution in [-0.4, -0.2) is 29.9 Å². The fourth-order valence-corrected chi connectivity index (χ4v) is 2.28. The Morgan fingerprint density at radius 3 is 2.47 bits per heavy atom. The molecule has 2 N–H and O–H groups in total. The van der Waals surface area contributed by atoms with Crippen LogP contribution in [0, 0.1) is 0 Å². The molecule has 1 heterocycles. The highest BCUT2D eigenvalue weighted by molar-refractivity contribution is 5.83. The first-order chi connectivity index (χ1) is 8.18. The summed E-state index contributed by atoms with van der Waals surface area (Å²) in [5.74, 6) is 0.175. The number of hydrogen-bond donors (Lipinski definition) is 1. The van der Waals surface area contributed by atoms with Crippen molar-refractivity contribution in [2.45, 2.75) is 31.7 Å². The summed E-state index contributed by atoms with van der Waals surface area (Å²) in [5.41, 5.74) is 6.94. The van der Waals surface area contributed by atoms with Gasteiger partial charge in [-0.1, -0.05) is 30.3 Å². The topological polar surface area (TPSA) is 46.3 Å². The van der Waals surface area contributed by atoms with E-state index in [1.54, 1.807) is 0 Å². The molecule has 1 aromatic carbocycles. The Kier molecular flexibility index (Phi) is 3.79. The largest absolute Gasteiger partial charge is 0.342 e. The quantitative estimate of drug-likeness (QED) is 0.844. The van der Waals surface area contributed by atoms with E-state index in [1.807, 2.05) is 42.2 Å². The van der Waals surface area contributed by atoms with Crippen molar-refractivity contribution >= 4 is 5.91 Å². The van der Waals surface area contributed by atoms with Gasteiger partial charge in [-0.2, -0.15) is 0 Å². The number of rotatable bonds is 2. The molecule has 1 aliphatic heterocycles. The minimum absolute atomic E-state index is 0.0504. The lowest BCUT2D eigenvalue weighted by Gasteiger charge is -2.32. The van der Waals surface area contributed by atoms with E-state index < -0.39 is 0 Å². The Morgan fingerprint density at radius 2 is 1.88 bits per heavy atom. The van der Waals surface area contributed by atoms with Gasteiger partial charge in [0.05, 0.1) is 5.92 Å². The Morgan fingerprint density at radius 1 is 1.29 bits per heavy atom. The zero-order valence-corrected chi connectivity index (χ0v) is 10.3. The maximum Gasteiger partial charge on any atom is 0.229 e. The summed E-state index contributed by atoms with van der Waals surface area (Å²) < 4.78 is 0. The van der Waals surface area contributed by atoms with Crippen LogP contribution in [0.5, 0.6) is 0 Å². The van der Waals surface area contributed by atoms with Gasteiger partial charge < -0.3 is 10.6 Å². The van der Waals surface area contributed by atoms with Crippen molar-refractivity contribution in [3.05, 3.63) is 35.9 Å². The summed E-state index contributed by atoms with van der Waals surface area (Å²) in [6.07, 6.45) is 1.85. The SMILES string of the molecule is C[C@@H](C(=O)N1CCC(N)CC1)c1ccccc1. The van der Waals surface area contributed by atoms with E-state index >= 15 is 0 Å². The fourth-order valence-electron chi connectivity index (χ4n) is 2.28. The van der Waals surface area contributed by atoms with Crippen LogP contribution in [0.25, 0.3) is 0 Å². The summed E-state index contributed by atoms with van der Waals surface area (Å²) in [6, 6.07) is 10.2. The zero-order valence-electron chi connectivity index (χ0n) is 10.3. The van der Waals surface area contributed by atoms with Crippen molar-refractivity contribution in [1.82, 2.24) is 4.90 Å². The zero-order chi connectivity index (χ0) is 12.3. The number of nitrogens with zero attached hydrogens (tertiary/aromatic N) is 1. The van der Waals surface area contributed by atoms with Gasteiger partial charge in [0.15, 0.2) is 0 Å². The maximum absolute atomic E-state index is 12.3. The molecule has 1 atom stereocenters. The van der Waals surface area contributed by atoms with E-state index in [-0.39, 0.29) is 17.9 Å². The molecule has 0 bridgehead atoms. The van der Waals surface area contributed by atoms with E-state index in [0.29, 0.717) is 0 Å². The lowest BCUT2D eigenvalue weighted by Crippen LogP contribution is -2.44. The van der Waals surface area contributed by atoms with Crippen LogP contribution >= 0.6 is 0 Å². The number of piperidine rings is 1. The maximum atomic E-state index is 12.3. The van der Waals surface area contributed by atoms with E-state index in [0.717, 1.165) is 31.5 Å². The molecule has 1 amide bonds. The van der Waals surface area contributed by atoms with Crippen LogP contribution in [-0.2, 0) is 4.79 Å². The van der Waals surface area contributed by atoms with Gasteiger partial charge in [0, 0.05) is 19.1 Å². The van der Waals surface area contributed by atoms with Gasteiger partial charge in [-0.15, -0.1) is 0 Å². The van der Waals surface area contributed by atoms with Crippen LogP contribution in [0.3, 0.4) is 0 Å². The number of carbonyl (C=O) groups is 1. The average Bonchev–Trinajstić information content (AvgIpc) is 2.39. The van der Waals surface area contributed by atoms with Crippen LogP contribution in [0.1, 0.15) is 31.2 Å². The number of likely N-dealkylation sites (tertiary alicyclic amines) is 1. The van der Waals surface area contributed by atoms with Gasteiger partial charge in [0.1, 0.15) is 0 Å². The van der Waals surface area contributed by atoms with Crippen molar-refractivity contribution in [3.8, 4) is 0 Å². The Balaban J connectivity index is 2.00. The summed E-state index contributed by atoms with van der Waals surface area (Å²) in [7, 11) is 0. The summed E-state index contributed by atoms with van der Waals surface area (Å²) in [5, 5.41) is 0. The van der Waals surface area contributed by atoms with Crippen LogP contribution in [0.2, 0.25) is 0 Å². The van der Waals surface area contributed by atoms with Crippen LogP contribution in [0.15, 0.2) is 30.3 Å². The molecule has 1 aliphatic rings. The summed E-state index contributed by atoms with van der Waals surface area (Å²) >= 11 is 0. The van der Waals surface area contributed by atoms with Gasteiger partial charge in [0.2, 0.25) is 5.91 Å². The summed E-state index contributed by atoms with van der Waals surface area (Å²) in [4.78, 5) is 14.2. The monoisotopic (exact) mass is 232 g/mol. The predicted molar refractivity (Wildman–Crippen MR) is 68.6 cm³/mol. The van der Waals surface area contributed by atoms with E-state index in [1.165, 1.54) is 0 Å². The van der Waals surface area contributed by atoms with Crippen molar-refractivity contribution in [1.29, 1.82) is 0 Å². The fraction of sp³-hybridized carbons (Fsp3) is 0.500. The van der Waals surface area contributed by atoms with Gasteiger partial charge in [0.25, 0.3) is 0 Å². The number of benzene rings is 1. The molecule has 0 unspecified atom stereocenters. The van der Waals surface area contributed by atoms with Crippen LogP contribution in [0.4, 0.5) is 0 Å². The van der Waals surface area contributed by atoms with Crippen LogP contribution < -0.4 is 5.73 Å². The highest BCUT2D eigenvalue weighted by atomic mass is 16.2. The molecule has 0 saturated carbocycles. The molecule has 1 fully saturated rings. The molecule has 0 radical (unpaired) electrons. The third-order valence-electron chi connectivity index (χ3n) is 3.52. The molecular formula is C14H20N2O. The van der Waals surface area contributed by atoms with Crippen molar-refractivity contribution < 1.29 is 4.79 Å². The predicted octanol–water partition coefficient (Wildman–Crippen LogP) is 1.74. The van der Waals surface area contributed by atoms with E-state index in [4.69, 9.17) is 5.73 Å². The number of carbonyl (C=O) groups excluding carboxylic acids is 1. The molecule has 0 spiro atoms. The minimum Gasteiger partial charge on any atom is -0.342 e. The second-order valence-electron chi connectivity index (χ2n) is 4.80. The first-order valence-corrected chi connectivity index (χ1v) is 6.28. The number of nitrogens with two attached hydrogens (primary N) is 1. The molecule has 2 rings (SSSR count). The van der Waals surface area contributed by atoms with E-state index in [2.05, 4.69) is 0 Å². The molecule has 3 nitrogen and oxygen atoms in total. The highest BCUT2D eigenvalue weighted by Crippen LogP contribution is 2.20. The molecule has 3 heteroatoms. The normalized spacial score (nSPS) is 19.1. The van der Waals surface area contributed by atoms with Gasteiger partial charge in [-0.25, -0.2) is 0 Å². The second kappa shape index (κ2) is 5.32. The standard InChI is InChI=1S/C14H20N2O/c1-11(12-5-3-2-4-6-12)14(17)16-9-7-13(15)8-10-16/h2-6,11,13H,7-10,15H2,1H3/t11-/m1/s1. The first kappa shape index (κ1) is 12.1. The Hall–Kier alpha value is -1.35. The minimum atomic E-state index is -0.0504. The lowest BCUT2D eigenvalue weighted by atomic mass is 9.98. The van der Waals surface area contributed by atoms with Crippen molar-refractivity contribution in [3.63, 3.8) is 0 Å².